The van der Waals surface area contributed by atoms with Gasteiger partial charge in [0, 0.05) is 30.6 Å². The molecular formula is C21H19F7NO2P. The van der Waals surface area contributed by atoms with Crippen molar-refractivity contribution >= 4 is 15.2 Å². The van der Waals surface area contributed by atoms with Gasteiger partial charge in [-0.15, -0.1) is 0 Å². The number of fused-ring (bicyclic) bond motifs is 2. The van der Waals surface area contributed by atoms with Gasteiger partial charge in [-0.3, -0.25) is 0 Å². The number of rotatable bonds is 4. The van der Waals surface area contributed by atoms with Gasteiger partial charge in [0.15, 0.2) is 11.5 Å². The van der Waals surface area contributed by atoms with Gasteiger partial charge < -0.3 is 14.2 Å². The second-order valence-electron chi connectivity index (χ2n) is 7.94. The van der Waals surface area contributed by atoms with E-state index in [-0.39, 0.29) is 29.7 Å². The third-order valence-electron chi connectivity index (χ3n) is 5.94. The fourth-order valence-electron chi connectivity index (χ4n) is 4.59. The summed E-state index contributed by atoms with van der Waals surface area (Å²) in [5.41, 5.74) is -1.79. The Balaban J connectivity index is 1.50. The summed E-state index contributed by atoms with van der Waals surface area (Å²) in [6.45, 7) is 0. The number of piperidine rings is 1. The molecule has 2 saturated heterocycles. The highest BCUT2D eigenvalue weighted by atomic mass is 31.0. The Morgan fingerprint density at radius 3 is 2.03 bits per heavy atom. The minimum atomic E-state index is -4.76. The molecule has 0 N–H and O–H groups in total. The molecule has 0 aliphatic carbocycles. The maximum atomic E-state index is 14.1. The van der Waals surface area contributed by atoms with Gasteiger partial charge in [0.1, 0.15) is 11.9 Å². The number of ether oxygens (including phenoxy) is 1. The van der Waals surface area contributed by atoms with Crippen LogP contribution < -0.4 is 14.2 Å². The average molecular weight is 481 g/mol. The van der Waals surface area contributed by atoms with Crippen molar-refractivity contribution in [1.29, 1.82) is 0 Å². The third-order valence-corrected chi connectivity index (χ3v) is 6.19. The molecule has 2 aromatic rings. The van der Waals surface area contributed by atoms with Gasteiger partial charge in [0.2, 0.25) is 0 Å². The maximum Gasteiger partial charge on any atom is 0.419 e. The highest BCUT2D eigenvalue weighted by molar-refractivity contribution is 7.10. The van der Waals surface area contributed by atoms with Crippen LogP contribution >= 0.6 is 9.47 Å². The molecule has 2 bridgehead atoms. The number of benzene rings is 2. The zero-order chi connectivity index (χ0) is 23.3. The second-order valence-corrected chi connectivity index (χ2v) is 8.18. The van der Waals surface area contributed by atoms with Crippen LogP contribution in [0.5, 0.6) is 11.5 Å². The first kappa shape index (κ1) is 23.0. The summed E-state index contributed by atoms with van der Waals surface area (Å²) in [5.74, 6) is -1.21. The molecule has 2 aliphatic rings. The topological polar surface area (TPSA) is 21.7 Å². The molecule has 2 aromatic carbocycles. The molecule has 11 heteroatoms. The Kier molecular flexibility index (Phi) is 5.94. The summed E-state index contributed by atoms with van der Waals surface area (Å²) in [5, 5.41) is 0. The van der Waals surface area contributed by atoms with E-state index >= 15 is 0 Å². The van der Waals surface area contributed by atoms with Crippen LogP contribution in [0.25, 0.3) is 0 Å². The Morgan fingerprint density at radius 1 is 0.844 bits per heavy atom. The van der Waals surface area contributed by atoms with Gasteiger partial charge in [-0.1, -0.05) is 0 Å². The van der Waals surface area contributed by atoms with Crippen LogP contribution in [-0.2, 0) is 12.4 Å². The molecule has 0 saturated carbocycles. The monoisotopic (exact) mass is 481 g/mol. The Labute approximate surface area is 181 Å². The molecule has 0 aromatic heterocycles. The zero-order valence-electron chi connectivity index (χ0n) is 16.5. The first-order chi connectivity index (χ1) is 15.0. The molecule has 2 fully saturated rings. The predicted molar refractivity (Wildman–Crippen MR) is 106 cm³/mol. The van der Waals surface area contributed by atoms with E-state index in [0.717, 1.165) is 37.1 Å². The van der Waals surface area contributed by atoms with E-state index in [0.29, 0.717) is 18.5 Å². The van der Waals surface area contributed by atoms with E-state index in [9.17, 15) is 30.7 Å². The number of anilines is 1. The summed E-state index contributed by atoms with van der Waals surface area (Å²) >= 11 is 0. The molecule has 174 valence electrons. The van der Waals surface area contributed by atoms with E-state index in [1.54, 1.807) is 0 Å². The molecule has 3 nitrogen and oxygen atoms in total. The highest BCUT2D eigenvalue weighted by Gasteiger charge is 2.43. The molecule has 4 atom stereocenters. The smallest absolute Gasteiger partial charge is 0.419 e. The average Bonchev–Trinajstić information content (AvgIpc) is 2.97. The summed E-state index contributed by atoms with van der Waals surface area (Å²) in [4.78, 5) is 1.92. The van der Waals surface area contributed by atoms with E-state index < -0.39 is 29.3 Å². The van der Waals surface area contributed by atoms with Crippen LogP contribution in [0.3, 0.4) is 0 Å². The van der Waals surface area contributed by atoms with Crippen molar-refractivity contribution in [2.75, 3.05) is 4.90 Å². The first-order valence-corrected chi connectivity index (χ1v) is 10.3. The van der Waals surface area contributed by atoms with Gasteiger partial charge in [0.05, 0.1) is 20.6 Å². The Hall–Kier alpha value is -2.22. The van der Waals surface area contributed by atoms with Crippen molar-refractivity contribution in [3.05, 3.63) is 53.3 Å². The third kappa shape index (κ3) is 4.47. The molecular weight excluding hydrogens is 462 g/mol. The zero-order valence-corrected chi connectivity index (χ0v) is 17.7. The van der Waals surface area contributed by atoms with Crippen LogP contribution in [0.4, 0.5) is 36.4 Å². The lowest BCUT2D eigenvalue weighted by Crippen LogP contribution is -2.46. The normalized spacial score (nSPS) is 23.4. The van der Waals surface area contributed by atoms with Gasteiger partial charge in [-0.25, -0.2) is 4.39 Å². The SMILES string of the molecule is Fc1cc(N2[C@@H]3CC[C@H]2CC(Oc2ccc(C(F)(F)F)cc2OP)C3)ccc1C(F)(F)F. The van der Waals surface area contributed by atoms with E-state index in [1.807, 2.05) is 14.4 Å². The van der Waals surface area contributed by atoms with Crippen LogP contribution in [0.2, 0.25) is 0 Å². The summed E-state index contributed by atoms with van der Waals surface area (Å²) in [6, 6.07) is 5.75. The molecule has 4 rings (SSSR count). The standard InChI is InChI=1S/C21H19F7NO2P/c22-17-10-14(4-5-16(17)21(26,27)28)29-12-2-3-13(29)9-15(8-12)30-18-6-1-11(20(23,24)25)7-19(18)31-32/h1,4-7,10,12-13,15H,2-3,8-9,32H2/t12-,13+,15?. The van der Waals surface area contributed by atoms with Crippen LogP contribution in [-0.4, -0.2) is 18.2 Å². The van der Waals surface area contributed by atoms with Gasteiger partial charge in [0.25, 0.3) is 0 Å². The van der Waals surface area contributed by atoms with Gasteiger partial charge in [-0.2, -0.15) is 26.3 Å². The molecule has 2 unspecified atom stereocenters. The summed E-state index contributed by atoms with van der Waals surface area (Å²) < 4.78 is 102. The summed E-state index contributed by atoms with van der Waals surface area (Å²) in [6.07, 6.45) is -7.09. The molecule has 0 radical (unpaired) electrons. The molecule has 32 heavy (non-hydrogen) atoms. The van der Waals surface area contributed by atoms with Crippen molar-refractivity contribution in [2.24, 2.45) is 0 Å². The fourth-order valence-corrected chi connectivity index (χ4v) is 4.78. The lowest BCUT2D eigenvalue weighted by atomic mass is 9.98. The Morgan fingerprint density at radius 2 is 1.50 bits per heavy atom. The number of halogens is 7. The van der Waals surface area contributed by atoms with Crippen molar-refractivity contribution in [1.82, 2.24) is 0 Å². The number of nitrogens with zero attached hydrogens (tertiary/aromatic N) is 1. The van der Waals surface area contributed by atoms with E-state index in [2.05, 4.69) is 0 Å². The quantitative estimate of drug-likeness (QED) is 0.362. The van der Waals surface area contributed by atoms with Crippen molar-refractivity contribution in [2.45, 2.75) is 56.2 Å². The van der Waals surface area contributed by atoms with Crippen LogP contribution in [0.15, 0.2) is 36.4 Å². The van der Waals surface area contributed by atoms with Crippen LogP contribution in [0, 0.1) is 5.82 Å². The lowest BCUT2D eigenvalue weighted by Gasteiger charge is -2.40. The van der Waals surface area contributed by atoms with E-state index in [1.165, 1.54) is 12.1 Å². The second kappa shape index (κ2) is 8.28. The van der Waals surface area contributed by atoms with Crippen molar-refractivity contribution < 1.29 is 40.0 Å². The molecule has 0 spiro atoms. The molecule has 0 amide bonds. The highest BCUT2D eigenvalue weighted by Crippen LogP contribution is 2.44. The number of hydrogen-bond donors (Lipinski definition) is 0. The maximum absolute atomic E-state index is 14.1. The number of alkyl halides is 6. The fraction of sp³-hybridized carbons (Fsp3) is 0.429. The van der Waals surface area contributed by atoms with Crippen molar-refractivity contribution in [3.63, 3.8) is 0 Å². The molecule has 2 heterocycles. The molecule has 2 aliphatic heterocycles. The largest absolute Gasteiger partial charge is 0.486 e. The van der Waals surface area contributed by atoms with Gasteiger partial charge in [-0.05, 0) is 49.2 Å². The van der Waals surface area contributed by atoms with Crippen molar-refractivity contribution in [3.8, 4) is 11.5 Å². The van der Waals surface area contributed by atoms with E-state index in [4.69, 9.17) is 9.26 Å². The minimum Gasteiger partial charge on any atom is -0.486 e. The van der Waals surface area contributed by atoms with Crippen LogP contribution in [0.1, 0.15) is 36.8 Å². The first-order valence-electron chi connectivity index (χ1n) is 9.87. The van der Waals surface area contributed by atoms with Gasteiger partial charge >= 0.3 is 12.4 Å². The lowest BCUT2D eigenvalue weighted by molar-refractivity contribution is -0.140. The number of hydrogen-bond acceptors (Lipinski definition) is 3. The Bertz CT molecular complexity index is 981. The summed E-state index contributed by atoms with van der Waals surface area (Å²) in [7, 11) is 1.90. The predicted octanol–water partition coefficient (Wildman–Crippen LogP) is 6.61. The minimum absolute atomic E-state index is 0.0654.